The zero-order chi connectivity index (χ0) is 18.8. The summed E-state index contributed by atoms with van der Waals surface area (Å²) in [4.78, 5) is 12.8. The van der Waals surface area contributed by atoms with Crippen molar-refractivity contribution in [2.75, 3.05) is 5.32 Å². The average molecular weight is 372 g/mol. The Kier molecular flexibility index (Phi) is 5.13. The first kappa shape index (κ1) is 18.2. The van der Waals surface area contributed by atoms with Gasteiger partial charge in [0.15, 0.2) is 5.82 Å². The molecule has 0 aliphatic carbocycles. The van der Waals surface area contributed by atoms with Crippen LogP contribution in [-0.2, 0) is 0 Å². The van der Waals surface area contributed by atoms with Gasteiger partial charge in [0.25, 0.3) is 5.91 Å². The van der Waals surface area contributed by atoms with Crippen LogP contribution in [0.1, 0.15) is 61.3 Å². The molecule has 1 aromatic carbocycles. The molecule has 0 aliphatic heterocycles. The Balaban J connectivity index is 1.93. The minimum atomic E-state index is -0.233. The molecule has 3 aromatic rings. The SMILES string of the molecule is CC(C)c1cc(NC(=O)c2cnn(-c3cccc(Cl)c3)c2C(C)C)n[nH]1. The molecule has 2 aromatic heterocycles. The largest absolute Gasteiger partial charge is 0.305 e. The zero-order valence-electron chi connectivity index (χ0n) is 15.2. The highest BCUT2D eigenvalue weighted by Crippen LogP contribution is 2.25. The molecular weight excluding hydrogens is 350 g/mol. The predicted molar refractivity (Wildman–Crippen MR) is 103 cm³/mol. The number of amides is 1. The van der Waals surface area contributed by atoms with Crippen molar-refractivity contribution in [2.45, 2.75) is 39.5 Å². The van der Waals surface area contributed by atoms with Gasteiger partial charge in [-0.15, -0.1) is 0 Å². The lowest BCUT2D eigenvalue weighted by Gasteiger charge is -2.12. The maximum atomic E-state index is 12.8. The average Bonchev–Trinajstić information content (AvgIpc) is 3.21. The highest BCUT2D eigenvalue weighted by molar-refractivity contribution is 6.30. The fraction of sp³-hybridized carbons (Fsp3) is 0.316. The number of hydrogen-bond donors (Lipinski definition) is 2. The van der Waals surface area contributed by atoms with Crippen molar-refractivity contribution < 1.29 is 4.79 Å². The van der Waals surface area contributed by atoms with Crippen LogP contribution in [0.3, 0.4) is 0 Å². The predicted octanol–water partition coefficient (Wildman–Crippen LogP) is 4.75. The van der Waals surface area contributed by atoms with Crippen LogP contribution in [0, 0.1) is 0 Å². The molecule has 6 nitrogen and oxygen atoms in total. The van der Waals surface area contributed by atoms with Crippen molar-refractivity contribution in [1.29, 1.82) is 0 Å². The van der Waals surface area contributed by atoms with E-state index in [0.29, 0.717) is 22.3 Å². The number of aromatic amines is 1. The van der Waals surface area contributed by atoms with Gasteiger partial charge in [-0.2, -0.15) is 10.2 Å². The number of anilines is 1. The Bertz CT molecular complexity index is 926. The monoisotopic (exact) mass is 371 g/mol. The fourth-order valence-corrected chi connectivity index (χ4v) is 2.97. The second-order valence-electron chi connectivity index (χ2n) is 6.81. The topological polar surface area (TPSA) is 75.6 Å². The van der Waals surface area contributed by atoms with Gasteiger partial charge < -0.3 is 5.32 Å². The number of nitrogens with one attached hydrogen (secondary N) is 2. The maximum Gasteiger partial charge on any atom is 0.260 e. The maximum absolute atomic E-state index is 12.8. The Hall–Kier alpha value is -2.60. The molecular formula is C19H22ClN5O. The van der Waals surface area contributed by atoms with Gasteiger partial charge in [0.1, 0.15) is 0 Å². The molecule has 1 amide bonds. The number of aromatic nitrogens is 4. The van der Waals surface area contributed by atoms with Crippen molar-refractivity contribution in [3.8, 4) is 5.69 Å². The van der Waals surface area contributed by atoms with E-state index in [1.165, 1.54) is 0 Å². The Morgan fingerprint density at radius 1 is 1.19 bits per heavy atom. The molecule has 0 spiro atoms. The molecule has 0 aliphatic rings. The number of benzene rings is 1. The number of hydrogen-bond acceptors (Lipinski definition) is 3. The molecule has 0 atom stereocenters. The van der Waals surface area contributed by atoms with Crippen molar-refractivity contribution in [3.05, 3.63) is 58.5 Å². The molecule has 0 unspecified atom stereocenters. The molecule has 2 heterocycles. The summed E-state index contributed by atoms with van der Waals surface area (Å²) in [5.74, 6) is 0.681. The third-order valence-electron chi connectivity index (χ3n) is 4.11. The summed E-state index contributed by atoms with van der Waals surface area (Å²) >= 11 is 6.10. The summed E-state index contributed by atoms with van der Waals surface area (Å²) in [5.41, 5.74) is 3.14. The number of rotatable bonds is 5. The van der Waals surface area contributed by atoms with E-state index in [1.807, 2.05) is 38.1 Å². The van der Waals surface area contributed by atoms with E-state index in [2.05, 4.69) is 34.5 Å². The number of H-pyrrole nitrogens is 1. The number of carbonyl (C=O) groups excluding carboxylic acids is 1. The minimum absolute atomic E-state index is 0.0997. The molecule has 0 saturated heterocycles. The van der Waals surface area contributed by atoms with Crippen LogP contribution in [0.25, 0.3) is 5.69 Å². The minimum Gasteiger partial charge on any atom is -0.305 e. The molecule has 3 rings (SSSR count). The zero-order valence-corrected chi connectivity index (χ0v) is 16.0. The summed E-state index contributed by atoms with van der Waals surface area (Å²) in [6.07, 6.45) is 1.58. The van der Waals surface area contributed by atoms with Crippen molar-refractivity contribution in [1.82, 2.24) is 20.0 Å². The van der Waals surface area contributed by atoms with Crippen LogP contribution >= 0.6 is 11.6 Å². The van der Waals surface area contributed by atoms with E-state index in [-0.39, 0.29) is 11.8 Å². The first-order chi connectivity index (χ1) is 12.4. The number of halogens is 1. The molecule has 7 heteroatoms. The lowest BCUT2D eigenvalue weighted by molar-refractivity contribution is 0.102. The van der Waals surface area contributed by atoms with E-state index in [9.17, 15) is 4.79 Å². The summed E-state index contributed by atoms with van der Waals surface area (Å²) in [7, 11) is 0. The van der Waals surface area contributed by atoms with Gasteiger partial charge in [-0.1, -0.05) is 45.4 Å². The number of carbonyl (C=O) groups is 1. The van der Waals surface area contributed by atoms with Crippen LogP contribution in [-0.4, -0.2) is 25.9 Å². The van der Waals surface area contributed by atoms with Gasteiger partial charge in [-0.05, 0) is 30.0 Å². The lowest BCUT2D eigenvalue weighted by atomic mass is 10.0. The van der Waals surface area contributed by atoms with Gasteiger partial charge in [0.05, 0.1) is 23.1 Å². The van der Waals surface area contributed by atoms with Crippen LogP contribution in [0.5, 0.6) is 0 Å². The molecule has 0 saturated carbocycles. The highest BCUT2D eigenvalue weighted by Gasteiger charge is 2.21. The van der Waals surface area contributed by atoms with Crippen LogP contribution < -0.4 is 5.32 Å². The van der Waals surface area contributed by atoms with Gasteiger partial charge in [0, 0.05) is 16.8 Å². The van der Waals surface area contributed by atoms with Gasteiger partial charge >= 0.3 is 0 Å². The van der Waals surface area contributed by atoms with E-state index < -0.39 is 0 Å². The Labute approximate surface area is 157 Å². The van der Waals surface area contributed by atoms with Crippen molar-refractivity contribution in [2.24, 2.45) is 0 Å². The third-order valence-corrected chi connectivity index (χ3v) is 4.35. The molecule has 26 heavy (non-hydrogen) atoms. The van der Waals surface area contributed by atoms with Gasteiger partial charge in [0.2, 0.25) is 0 Å². The summed E-state index contributed by atoms with van der Waals surface area (Å²) in [6.45, 7) is 8.18. The molecule has 0 bridgehead atoms. The van der Waals surface area contributed by atoms with E-state index >= 15 is 0 Å². The molecule has 0 fully saturated rings. The van der Waals surface area contributed by atoms with Gasteiger partial charge in [-0.25, -0.2) is 4.68 Å². The van der Waals surface area contributed by atoms with Crippen molar-refractivity contribution in [3.63, 3.8) is 0 Å². The quantitative estimate of drug-likeness (QED) is 0.679. The first-order valence-electron chi connectivity index (χ1n) is 8.57. The summed E-state index contributed by atoms with van der Waals surface area (Å²) in [5, 5.41) is 15.0. The van der Waals surface area contributed by atoms with Crippen molar-refractivity contribution >= 4 is 23.3 Å². The molecule has 0 radical (unpaired) electrons. The lowest BCUT2D eigenvalue weighted by Crippen LogP contribution is -2.15. The van der Waals surface area contributed by atoms with Crippen LogP contribution in [0.4, 0.5) is 5.82 Å². The second kappa shape index (κ2) is 7.33. The smallest absolute Gasteiger partial charge is 0.260 e. The normalized spacial score (nSPS) is 11.3. The van der Waals surface area contributed by atoms with Gasteiger partial charge in [-0.3, -0.25) is 9.89 Å². The number of nitrogens with zero attached hydrogens (tertiary/aromatic N) is 3. The fourth-order valence-electron chi connectivity index (χ4n) is 2.78. The van der Waals surface area contributed by atoms with Crippen LogP contribution in [0.2, 0.25) is 5.02 Å². The second-order valence-corrected chi connectivity index (χ2v) is 7.24. The van der Waals surface area contributed by atoms with Crippen LogP contribution in [0.15, 0.2) is 36.5 Å². The third kappa shape index (κ3) is 3.65. The van der Waals surface area contributed by atoms with E-state index in [4.69, 9.17) is 11.6 Å². The molecule has 2 N–H and O–H groups in total. The Morgan fingerprint density at radius 2 is 1.96 bits per heavy atom. The Morgan fingerprint density at radius 3 is 2.58 bits per heavy atom. The highest BCUT2D eigenvalue weighted by atomic mass is 35.5. The summed E-state index contributed by atoms with van der Waals surface area (Å²) in [6, 6.07) is 9.25. The standard InChI is InChI=1S/C19H22ClN5O/c1-11(2)16-9-17(24-23-16)22-19(26)15-10-21-25(18(15)12(3)4)14-7-5-6-13(20)8-14/h5-12H,1-4H3,(H2,22,23,24,26). The van der Waals surface area contributed by atoms with E-state index in [0.717, 1.165) is 17.1 Å². The summed E-state index contributed by atoms with van der Waals surface area (Å²) < 4.78 is 1.76. The first-order valence-corrected chi connectivity index (χ1v) is 8.95. The van der Waals surface area contributed by atoms with E-state index in [1.54, 1.807) is 16.9 Å². The molecule has 136 valence electrons.